The van der Waals surface area contributed by atoms with Gasteiger partial charge >= 0.3 is 0 Å². The zero-order chi connectivity index (χ0) is 14.5. The van der Waals surface area contributed by atoms with E-state index in [1.807, 2.05) is 11.8 Å². The summed E-state index contributed by atoms with van der Waals surface area (Å²) >= 11 is 2.04. The van der Waals surface area contributed by atoms with Gasteiger partial charge in [-0.3, -0.25) is 0 Å². The molecule has 21 heavy (non-hydrogen) atoms. The SMILES string of the molecule is CSC1CCC(NCc2ccc(N3CCCC3)cc2)CC1. The van der Waals surface area contributed by atoms with Gasteiger partial charge in [-0.2, -0.15) is 11.8 Å². The predicted molar refractivity (Wildman–Crippen MR) is 94.3 cm³/mol. The molecule has 1 N–H and O–H groups in total. The van der Waals surface area contributed by atoms with Crippen molar-refractivity contribution in [1.29, 1.82) is 0 Å². The van der Waals surface area contributed by atoms with Gasteiger partial charge in [0.15, 0.2) is 0 Å². The van der Waals surface area contributed by atoms with Crippen LogP contribution in [0.3, 0.4) is 0 Å². The van der Waals surface area contributed by atoms with Crippen molar-refractivity contribution in [3.05, 3.63) is 29.8 Å². The van der Waals surface area contributed by atoms with Gasteiger partial charge in [-0.25, -0.2) is 0 Å². The van der Waals surface area contributed by atoms with Crippen molar-refractivity contribution >= 4 is 17.4 Å². The molecule has 1 aromatic rings. The number of nitrogens with zero attached hydrogens (tertiary/aromatic N) is 1. The third-order valence-corrected chi connectivity index (χ3v) is 6.15. The van der Waals surface area contributed by atoms with Crippen LogP contribution in [0.2, 0.25) is 0 Å². The molecule has 1 heterocycles. The third kappa shape index (κ3) is 4.17. The van der Waals surface area contributed by atoms with Gasteiger partial charge < -0.3 is 10.2 Å². The van der Waals surface area contributed by atoms with E-state index in [-0.39, 0.29) is 0 Å². The van der Waals surface area contributed by atoms with Crippen LogP contribution in [-0.2, 0) is 6.54 Å². The Labute approximate surface area is 133 Å². The molecule has 0 aromatic heterocycles. The zero-order valence-electron chi connectivity index (χ0n) is 13.2. The summed E-state index contributed by atoms with van der Waals surface area (Å²) in [5.41, 5.74) is 2.82. The number of thioether (sulfide) groups is 1. The zero-order valence-corrected chi connectivity index (χ0v) is 14.0. The van der Waals surface area contributed by atoms with Crippen molar-refractivity contribution in [3.63, 3.8) is 0 Å². The van der Waals surface area contributed by atoms with Gasteiger partial charge in [0.25, 0.3) is 0 Å². The van der Waals surface area contributed by atoms with Crippen molar-refractivity contribution in [2.24, 2.45) is 0 Å². The van der Waals surface area contributed by atoms with E-state index in [2.05, 4.69) is 40.7 Å². The highest BCUT2D eigenvalue weighted by molar-refractivity contribution is 7.99. The molecule has 3 heteroatoms. The van der Waals surface area contributed by atoms with E-state index in [4.69, 9.17) is 0 Å². The van der Waals surface area contributed by atoms with E-state index in [0.29, 0.717) is 0 Å². The number of nitrogens with one attached hydrogen (secondary N) is 1. The fraction of sp³-hybridized carbons (Fsp3) is 0.667. The number of benzene rings is 1. The molecule has 2 aliphatic rings. The summed E-state index contributed by atoms with van der Waals surface area (Å²) < 4.78 is 0. The molecular weight excluding hydrogens is 276 g/mol. The monoisotopic (exact) mass is 304 g/mol. The van der Waals surface area contributed by atoms with Gasteiger partial charge in [0.1, 0.15) is 0 Å². The van der Waals surface area contributed by atoms with Crippen LogP contribution in [0.15, 0.2) is 24.3 Å². The van der Waals surface area contributed by atoms with E-state index in [0.717, 1.165) is 17.8 Å². The highest BCUT2D eigenvalue weighted by Gasteiger charge is 2.19. The summed E-state index contributed by atoms with van der Waals surface area (Å²) in [6, 6.07) is 9.93. The van der Waals surface area contributed by atoms with Gasteiger partial charge in [-0.1, -0.05) is 12.1 Å². The topological polar surface area (TPSA) is 15.3 Å². The smallest absolute Gasteiger partial charge is 0.0366 e. The molecule has 1 saturated heterocycles. The molecule has 1 saturated carbocycles. The lowest BCUT2D eigenvalue weighted by atomic mass is 9.95. The standard InChI is InChI=1S/C18H28N2S/c1-21-18-10-6-16(7-11-18)19-14-15-4-8-17(9-5-15)20-12-2-3-13-20/h4-5,8-9,16,18-19H,2-3,6-7,10-14H2,1H3. The Bertz CT molecular complexity index is 417. The molecule has 0 amide bonds. The first kappa shape index (κ1) is 15.2. The Hall–Kier alpha value is -0.670. The Morgan fingerprint density at radius 2 is 1.71 bits per heavy atom. The average molecular weight is 305 g/mol. The molecular formula is C18H28N2S. The Morgan fingerprint density at radius 3 is 2.33 bits per heavy atom. The summed E-state index contributed by atoms with van der Waals surface area (Å²) in [5, 5.41) is 4.65. The van der Waals surface area contributed by atoms with Crippen LogP contribution in [0.4, 0.5) is 5.69 Å². The van der Waals surface area contributed by atoms with Crippen molar-refractivity contribution in [2.75, 3.05) is 24.2 Å². The van der Waals surface area contributed by atoms with Crippen LogP contribution < -0.4 is 10.2 Å². The van der Waals surface area contributed by atoms with E-state index in [9.17, 15) is 0 Å². The largest absolute Gasteiger partial charge is 0.372 e. The molecule has 0 atom stereocenters. The lowest BCUT2D eigenvalue weighted by Crippen LogP contribution is -2.33. The number of anilines is 1. The molecule has 1 aromatic carbocycles. The van der Waals surface area contributed by atoms with Crippen LogP contribution in [0, 0.1) is 0 Å². The molecule has 0 bridgehead atoms. The summed E-state index contributed by atoms with van der Waals surface area (Å²) in [4.78, 5) is 2.50. The van der Waals surface area contributed by atoms with Crippen LogP contribution in [0.25, 0.3) is 0 Å². The highest BCUT2D eigenvalue weighted by Crippen LogP contribution is 2.27. The lowest BCUT2D eigenvalue weighted by Gasteiger charge is -2.28. The van der Waals surface area contributed by atoms with Gasteiger partial charge in [0, 0.05) is 36.6 Å². The summed E-state index contributed by atoms with van der Waals surface area (Å²) in [7, 11) is 0. The lowest BCUT2D eigenvalue weighted by molar-refractivity contribution is 0.379. The van der Waals surface area contributed by atoms with Gasteiger partial charge in [0.05, 0.1) is 0 Å². The molecule has 1 aliphatic carbocycles. The summed E-state index contributed by atoms with van der Waals surface area (Å²) in [6.07, 6.45) is 10.4. The second kappa shape index (κ2) is 7.55. The Kier molecular flexibility index (Phi) is 5.48. The highest BCUT2D eigenvalue weighted by atomic mass is 32.2. The second-order valence-electron chi connectivity index (χ2n) is 6.45. The van der Waals surface area contributed by atoms with Crippen LogP contribution >= 0.6 is 11.8 Å². The molecule has 1 aliphatic heterocycles. The van der Waals surface area contributed by atoms with Gasteiger partial charge in [0.2, 0.25) is 0 Å². The molecule has 2 fully saturated rings. The van der Waals surface area contributed by atoms with E-state index >= 15 is 0 Å². The van der Waals surface area contributed by atoms with Crippen molar-refractivity contribution < 1.29 is 0 Å². The summed E-state index contributed by atoms with van der Waals surface area (Å²) in [5.74, 6) is 0. The van der Waals surface area contributed by atoms with Crippen molar-refractivity contribution in [2.45, 2.75) is 56.4 Å². The Morgan fingerprint density at radius 1 is 1.05 bits per heavy atom. The quantitative estimate of drug-likeness (QED) is 0.883. The van der Waals surface area contributed by atoms with Crippen LogP contribution in [-0.4, -0.2) is 30.6 Å². The van der Waals surface area contributed by atoms with Crippen LogP contribution in [0.5, 0.6) is 0 Å². The molecule has 0 radical (unpaired) electrons. The van der Waals surface area contributed by atoms with E-state index in [1.54, 1.807) is 0 Å². The molecule has 2 nitrogen and oxygen atoms in total. The van der Waals surface area contributed by atoms with Crippen LogP contribution in [0.1, 0.15) is 44.1 Å². The third-order valence-electron chi connectivity index (χ3n) is 5.01. The maximum atomic E-state index is 3.75. The molecule has 3 rings (SSSR count). The normalized spacial score (nSPS) is 26.2. The van der Waals surface area contributed by atoms with Gasteiger partial charge in [-0.15, -0.1) is 0 Å². The number of hydrogen-bond acceptors (Lipinski definition) is 3. The Balaban J connectivity index is 1.45. The van der Waals surface area contributed by atoms with Gasteiger partial charge in [-0.05, 0) is 62.5 Å². The number of rotatable bonds is 5. The second-order valence-corrected chi connectivity index (χ2v) is 7.59. The minimum absolute atomic E-state index is 0.728. The van der Waals surface area contributed by atoms with E-state index in [1.165, 1.54) is 62.9 Å². The molecule has 116 valence electrons. The predicted octanol–water partition coefficient (Wildman–Crippen LogP) is 4.05. The maximum Gasteiger partial charge on any atom is 0.0366 e. The van der Waals surface area contributed by atoms with E-state index < -0.39 is 0 Å². The first-order valence-electron chi connectivity index (χ1n) is 8.45. The van der Waals surface area contributed by atoms with Crippen molar-refractivity contribution in [1.82, 2.24) is 5.32 Å². The van der Waals surface area contributed by atoms with Crippen molar-refractivity contribution in [3.8, 4) is 0 Å². The first-order chi connectivity index (χ1) is 10.3. The summed E-state index contributed by atoms with van der Waals surface area (Å²) in [6.45, 7) is 3.49. The minimum atomic E-state index is 0.728. The fourth-order valence-electron chi connectivity index (χ4n) is 3.56. The number of hydrogen-bond donors (Lipinski definition) is 1. The first-order valence-corrected chi connectivity index (χ1v) is 9.74. The fourth-order valence-corrected chi connectivity index (χ4v) is 4.31. The average Bonchev–Trinajstić information content (AvgIpc) is 3.08. The minimum Gasteiger partial charge on any atom is -0.372 e. The molecule has 0 spiro atoms. The maximum absolute atomic E-state index is 3.75. The molecule has 0 unspecified atom stereocenters.